The third kappa shape index (κ3) is 2.02. The van der Waals surface area contributed by atoms with Crippen LogP contribution < -0.4 is 10.5 Å². The second kappa shape index (κ2) is 4.87. The zero-order valence-corrected chi connectivity index (χ0v) is 11.1. The minimum absolute atomic E-state index is 0.287. The molecular formula is C11H13N3O3S. The minimum Gasteiger partial charge on any atom is -0.480 e. The lowest BCUT2D eigenvalue weighted by atomic mass is 10.2. The topological polar surface area (TPSA) is 87.3 Å². The Morgan fingerprint density at radius 3 is 2.67 bits per heavy atom. The molecule has 6 nitrogen and oxygen atoms in total. The lowest BCUT2D eigenvalue weighted by molar-refractivity contribution is 0.100. The summed E-state index contributed by atoms with van der Waals surface area (Å²) in [6, 6.07) is 0. The molecule has 0 saturated carbocycles. The van der Waals surface area contributed by atoms with E-state index < -0.39 is 5.91 Å². The number of carbonyl (C=O) groups excluding carboxylic acids is 1. The highest BCUT2D eigenvalue weighted by Crippen LogP contribution is 2.34. The second-order valence-corrected chi connectivity index (χ2v) is 4.68. The van der Waals surface area contributed by atoms with Gasteiger partial charge in [0.1, 0.15) is 11.4 Å². The molecule has 0 unspecified atom stereocenters. The molecule has 2 N–H and O–H groups in total. The van der Waals surface area contributed by atoms with Crippen molar-refractivity contribution in [1.29, 1.82) is 0 Å². The van der Waals surface area contributed by atoms with Gasteiger partial charge in [0.05, 0.1) is 17.4 Å². The summed E-state index contributed by atoms with van der Waals surface area (Å²) in [4.78, 5) is 21.1. The molecule has 2 aromatic heterocycles. The molecule has 0 aliphatic rings. The third-order valence-corrected chi connectivity index (χ3v) is 3.69. The average Bonchev–Trinajstić information content (AvgIpc) is 2.66. The molecule has 2 aromatic rings. The fourth-order valence-corrected chi connectivity index (χ4v) is 2.76. The molecule has 0 spiro atoms. The molecule has 2 rings (SSSR count). The molecule has 2 heterocycles. The summed E-state index contributed by atoms with van der Waals surface area (Å²) < 4.78 is 10.2. The molecule has 96 valence electrons. The van der Waals surface area contributed by atoms with Crippen LogP contribution in [0.25, 0.3) is 10.2 Å². The molecule has 0 radical (unpaired) electrons. The van der Waals surface area contributed by atoms with E-state index in [0.29, 0.717) is 21.4 Å². The van der Waals surface area contributed by atoms with Gasteiger partial charge in [-0.3, -0.25) is 4.79 Å². The average molecular weight is 267 g/mol. The van der Waals surface area contributed by atoms with E-state index in [0.717, 1.165) is 10.9 Å². The van der Waals surface area contributed by atoms with Crippen LogP contribution in [-0.2, 0) is 11.3 Å². The molecule has 0 aromatic carbocycles. The van der Waals surface area contributed by atoms with Crippen molar-refractivity contribution < 1.29 is 14.3 Å². The van der Waals surface area contributed by atoms with E-state index in [9.17, 15) is 4.79 Å². The Morgan fingerprint density at radius 2 is 2.11 bits per heavy atom. The van der Waals surface area contributed by atoms with Crippen molar-refractivity contribution in [1.82, 2.24) is 9.97 Å². The van der Waals surface area contributed by atoms with Crippen LogP contribution in [-0.4, -0.2) is 30.1 Å². The maximum atomic E-state index is 11.3. The van der Waals surface area contributed by atoms with Gasteiger partial charge in [0.15, 0.2) is 5.82 Å². The first-order chi connectivity index (χ1) is 8.58. The number of amides is 1. The largest absolute Gasteiger partial charge is 0.480 e. The van der Waals surface area contributed by atoms with Crippen LogP contribution in [0.3, 0.4) is 0 Å². The fourth-order valence-electron chi connectivity index (χ4n) is 1.72. The van der Waals surface area contributed by atoms with Gasteiger partial charge >= 0.3 is 0 Å². The van der Waals surface area contributed by atoms with E-state index in [1.807, 2.05) is 0 Å². The van der Waals surface area contributed by atoms with E-state index in [1.165, 1.54) is 18.4 Å². The second-order valence-electron chi connectivity index (χ2n) is 3.68. The van der Waals surface area contributed by atoms with E-state index in [4.69, 9.17) is 15.2 Å². The van der Waals surface area contributed by atoms with Crippen molar-refractivity contribution in [2.75, 3.05) is 14.2 Å². The number of aryl methyl sites for hydroxylation is 1. The highest BCUT2D eigenvalue weighted by atomic mass is 32.1. The van der Waals surface area contributed by atoms with Gasteiger partial charge in [-0.05, 0) is 12.5 Å². The normalized spacial score (nSPS) is 10.8. The van der Waals surface area contributed by atoms with Crippen molar-refractivity contribution in [3.8, 4) is 5.88 Å². The number of methoxy groups -OCH3 is 2. The third-order valence-electron chi connectivity index (χ3n) is 2.49. The Morgan fingerprint density at radius 1 is 1.39 bits per heavy atom. The standard InChI is InChI=1S/C11H13N3O3S/c1-5-7-10(17-3)13-6(4-16-2)14-11(7)18-8(5)9(12)15/h4H2,1-3H3,(H2,12,15). The lowest BCUT2D eigenvalue weighted by Crippen LogP contribution is -2.09. The molecular weight excluding hydrogens is 254 g/mol. The van der Waals surface area contributed by atoms with Crippen LogP contribution in [0.1, 0.15) is 21.1 Å². The van der Waals surface area contributed by atoms with E-state index in [1.54, 1.807) is 14.0 Å². The Hall–Kier alpha value is -1.73. The van der Waals surface area contributed by atoms with Crippen molar-refractivity contribution in [3.05, 3.63) is 16.3 Å². The lowest BCUT2D eigenvalue weighted by Gasteiger charge is -2.04. The van der Waals surface area contributed by atoms with Gasteiger partial charge < -0.3 is 15.2 Å². The maximum Gasteiger partial charge on any atom is 0.259 e. The predicted molar refractivity (Wildman–Crippen MR) is 67.9 cm³/mol. The molecule has 0 fully saturated rings. The fraction of sp³-hybridized carbons (Fsp3) is 0.364. The Bertz CT molecular complexity index is 609. The molecule has 0 aliphatic heterocycles. The van der Waals surface area contributed by atoms with Crippen molar-refractivity contribution >= 4 is 27.5 Å². The number of hydrogen-bond acceptors (Lipinski definition) is 6. The van der Waals surface area contributed by atoms with E-state index in [2.05, 4.69) is 9.97 Å². The molecule has 0 saturated heterocycles. The maximum absolute atomic E-state index is 11.3. The van der Waals surface area contributed by atoms with Crippen LogP contribution >= 0.6 is 11.3 Å². The molecule has 0 aliphatic carbocycles. The number of carbonyl (C=O) groups is 1. The first kappa shape index (κ1) is 12.7. The summed E-state index contributed by atoms with van der Waals surface area (Å²) in [5.74, 6) is 0.485. The number of nitrogens with two attached hydrogens (primary N) is 1. The number of aromatic nitrogens is 2. The number of fused-ring (bicyclic) bond motifs is 1. The summed E-state index contributed by atoms with van der Waals surface area (Å²) in [5.41, 5.74) is 6.08. The number of primary amides is 1. The van der Waals surface area contributed by atoms with Gasteiger partial charge in [0, 0.05) is 7.11 Å². The zero-order chi connectivity index (χ0) is 13.3. The summed E-state index contributed by atoms with van der Waals surface area (Å²) in [7, 11) is 3.09. The zero-order valence-electron chi connectivity index (χ0n) is 10.3. The van der Waals surface area contributed by atoms with Gasteiger partial charge in [-0.25, -0.2) is 4.98 Å². The first-order valence-corrected chi connectivity index (χ1v) is 6.02. The summed E-state index contributed by atoms with van der Waals surface area (Å²) in [6.45, 7) is 2.09. The molecule has 7 heteroatoms. The summed E-state index contributed by atoms with van der Waals surface area (Å²) >= 11 is 1.24. The van der Waals surface area contributed by atoms with Gasteiger partial charge in [0.25, 0.3) is 5.91 Å². The number of nitrogens with zero attached hydrogens (tertiary/aromatic N) is 2. The van der Waals surface area contributed by atoms with E-state index in [-0.39, 0.29) is 6.61 Å². The van der Waals surface area contributed by atoms with Crippen LogP contribution in [0.4, 0.5) is 0 Å². The number of rotatable bonds is 4. The summed E-state index contributed by atoms with van der Waals surface area (Å²) in [6.07, 6.45) is 0. The van der Waals surface area contributed by atoms with Crippen LogP contribution in [0.5, 0.6) is 5.88 Å². The highest BCUT2D eigenvalue weighted by Gasteiger charge is 2.19. The number of thiophene rings is 1. The Balaban J connectivity index is 2.71. The van der Waals surface area contributed by atoms with Gasteiger partial charge in [-0.2, -0.15) is 4.98 Å². The van der Waals surface area contributed by atoms with Crippen molar-refractivity contribution in [2.24, 2.45) is 5.73 Å². The van der Waals surface area contributed by atoms with Gasteiger partial charge in [-0.1, -0.05) is 0 Å². The Labute approximate surface area is 108 Å². The Kier molecular flexibility index (Phi) is 3.44. The van der Waals surface area contributed by atoms with E-state index >= 15 is 0 Å². The van der Waals surface area contributed by atoms with Gasteiger partial charge in [-0.15, -0.1) is 11.3 Å². The number of ether oxygens (including phenoxy) is 2. The molecule has 0 bridgehead atoms. The van der Waals surface area contributed by atoms with Crippen LogP contribution in [0.2, 0.25) is 0 Å². The van der Waals surface area contributed by atoms with Crippen molar-refractivity contribution in [2.45, 2.75) is 13.5 Å². The SMILES string of the molecule is COCc1nc(OC)c2c(C)c(C(N)=O)sc2n1. The smallest absolute Gasteiger partial charge is 0.259 e. The molecule has 1 amide bonds. The predicted octanol–water partition coefficient (Wildman–Crippen LogP) is 1.25. The monoisotopic (exact) mass is 267 g/mol. The van der Waals surface area contributed by atoms with Gasteiger partial charge in [0.2, 0.25) is 5.88 Å². The molecule has 0 atom stereocenters. The summed E-state index contributed by atoms with van der Waals surface area (Å²) in [5, 5.41) is 0.733. The quantitative estimate of drug-likeness (QED) is 0.900. The number of hydrogen-bond donors (Lipinski definition) is 1. The van der Waals surface area contributed by atoms with Crippen LogP contribution in [0, 0.1) is 6.92 Å². The van der Waals surface area contributed by atoms with Crippen molar-refractivity contribution in [3.63, 3.8) is 0 Å². The minimum atomic E-state index is -0.467. The van der Waals surface area contributed by atoms with Crippen LogP contribution in [0.15, 0.2) is 0 Å². The molecule has 18 heavy (non-hydrogen) atoms. The highest BCUT2D eigenvalue weighted by molar-refractivity contribution is 7.20. The first-order valence-electron chi connectivity index (χ1n) is 5.21.